The first-order chi connectivity index (χ1) is 14.2. The molecule has 8 nitrogen and oxygen atoms in total. The fourth-order valence-electron chi connectivity index (χ4n) is 2.49. The number of rotatable bonds is 8. The molecule has 0 spiro atoms. The van der Waals surface area contributed by atoms with Crippen molar-refractivity contribution in [1.29, 1.82) is 0 Å². The van der Waals surface area contributed by atoms with E-state index in [9.17, 15) is 0 Å². The average Bonchev–Trinajstić information content (AvgIpc) is 3.40. The number of ether oxygens (including phenoxy) is 2. The van der Waals surface area contributed by atoms with E-state index in [0.29, 0.717) is 28.6 Å². The van der Waals surface area contributed by atoms with Crippen LogP contribution in [-0.2, 0) is 12.4 Å². The molecular formula is C20H18N4O4S. The Bertz CT molecular complexity index is 1080. The van der Waals surface area contributed by atoms with Crippen LogP contribution in [0.15, 0.2) is 62.6 Å². The molecule has 0 aliphatic rings. The molecule has 0 bridgehead atoms. The fourth-order valence-corrected chi connectivity index (χ4v) is 3.11. The summed E-state index contributed by atoms with van der Waals surface area (Å²) in [5, 5.41) is 16.5. The van der Waals surface area contributed by atoms with E-state index in [2.05, 4.69) is 20.4 Å². The molecule has 0 unspecified atom stereocenters. The minimum absolute atomic E-state index is 0.208. The van der Waals surface area contributed by atoms with Crippen LogP contribution < -0.4 is 9.47 Å². The number of benzene rings is 2. The summed E-state index contributed by atoms with van der Waals surface area (Å²) in [7, 11) is 1.62. The van der Waals surface area contributed by atoms with Gasteiger partial charge in [-0.25, -0.2) is 0 Å². The van der Waals surface area contributed by atoms with Crippen LogP contribution in [0.4, 0.5) is 0 Å². The van der Waals surface area contributed by atoms with Gasteiger partial charge in [0.05, 0.1) is 12.9 Å². The molecule has 0 saturated carbocycles. The highest BCUT2D eigenvalue weighted by Gasteiger charge is 2.12. The Morgan fingerprint density at radius 1 is 0.897 bits per heavy atom. The Balaban J connectivity index is 1.31. The van der Waals surface area contributed by atoms with E-state index in [4.69, 9.17) is 18.3 Å². The van der Waals surface area contributed by atoms with Crippen LogP contribution >= 0.6 is 11.8 Å². The number of hydrogen-bond donors (Lipinski definition) is 0. The number of nitrogens with zero attached hydrogens (tertiary/aromatic N) is 4. The van der Waals surface area contributed by atoms with E-state index in [1.54, 1.807) is 7.11 Å². The van der Waals surface area contributed by atoms with E-state index >= 15 is 0 Å². The van der Waals surface area contributed by atoms with Gasteiger partial charge in [-0.1, -0.05) is 23.9 Å². The summed E-state index contributed by atoms with van der Waals surface area (Å²) in [6, 6.07) is 15.2. The second kappa shape index (κ2) is 8.78. The third kappa shape index (κ3) is 4.94. The summed E-state index contributed by atoms with van der Waals surface area (Å²) in [6.45, 7) is 2.21. The largest absolute Gasteiger partial charge is 0.497 e. The first kappa shape index (κ1) is 19.0. The molecule has 4 rings (SSSR count). The van der Waals surface area contributed by atoms with Gasteiger partial charge in [0.1, 0.15) is 11.5 Å². The molecule has 0 saturated heterocycles. The zero-order chi connectivity index (χ0) is 20.1. The van der Waals surface area contributed by atoms with E-state index in [0.717, 1.165) is 22.6 Å². The molecule has 0 fully saturated rings. The number of hydrogen-bond acceptors (Lipinski definition) is 9. The number of aryl methyl sites for hydroxylation is 1. The molecule has 0 atom stereocenters. The average molecular weight is 410 g/mol. The van der Waals surface area contributed by atoms with Gasteiger partial charge in [-0.05, 0) is 48.9 Å². The molecule has 0 N–H and O–H groups in total. The van der Waals surface area contributed by atoms with Gasteiger partial charge < -0.3 is 18.3 Å². The van der Waals surface area contributed by atoms with Crippen molar-refractivity contribution >= 4 is 11.8 Å². The van der Waals surface area contributed by atoms with Crippen molar-refractivity contribution in [3.8, 4) is 23.0 Å². The van der Waals surface area contributed by atoms with Gasteiger partial charge in [0.2, 0.25) is 11.8 Å². The van der Waals surface area contributed by atoms with Gasteiger partial charge in [-0.15, -0.1) is 20.4 Å². The fraction of sp³-hybridized carbons (Fsp3) is 0.200. The van der Waals surface area contributed by atoms with E-state index in [1.165, 1.54) is 11.8 Å². The van der Waals surface area contributed by atoms with Crippen LogP contribution in [0.1, 0.15) is 17.3 Å². The van der Waals surface area contributed by atoms with E-state index < -0.39 is 0 Å². The van der Waals surface area contributed by atoms with E-state index in [-0.39, 0.29) is 6.61 Å². The minimum Gasteiger partial charge on any atom is -0.497 e. The second-order valence-corrected chi connectivity index (χ2v) is 7.01. The van der Waals surface area contributed by atoms with Crippen LogP contribution in [0.2, 0.25) is 0 Å². The van der Waals surface area contributed by atoms with Crippen molar-refractivity contribution in [2.45, 2.75) is 24.5 Å². The first-order valence-corrected chi connectivity index (χ1v) is 9.79. The molecule has 0 aliphatic heterocycles. The summed E-state index contributed by atoms with van der Waals surface area (Å²) >= 11 is 1.32. The molecule has 2 aromatic heterocycles. The minimum atomic E-state index is 0.208. The van der Waals surface area contributed by atoms with Crippen LogP contribution in [-0.4, -0.2) is 27.5 Å². The van der Waals surface area contributed by atoms with Crippen LogP contribution in [0.25, 0.3) is 11.5 Å². The van der Waals surface area contributed by atoms with Gasteiger partial charge in [0, 0.05) is 5.56 Å². The molecule has 0 aliphatic carbocycles. The molecule has 4 aromatic rings. The number of aromatic nitrogens is 4. The Hall–Kier alpha value is -3.33. The van der Waals surface area contributed by atoms with Gasteiger partial charge in [-0.2, -0.15) is 0 Å². The topological polar surface area (TPSA) is 96.3 Å². The summed E-state index contributed by atoms with van der Waals surface area (Å²) in [4.78, 5) is 0. The van der Waals surface area contributed by atoms with Crippen LogP contribution in [0.5, 0.6) is 11.5 Å². The first-order valence-electron chi connectivity index (χ1n) is 8.81. The Kier molecular flexibility index (Phi) is 5.76. The maximum Gasteiger partial charge on any atom is 0.277 e. The third-order valence-corrected chi connectivity index (χ3v) is 4.73. The number of methoxy groups -OCH3 is 1. The SMILES string of the molecule is COc1ccc(-c2nnc(CSc3nnc(COc4cccc(C)c4)o3)o2)cc1. The summed E-state index contributed by atoms with van der Waals surface area (Å²) in [6.07, 6.45) is 0. The summed E-state index contributed by atoms with van der Waals surface area (Å²) in [5.74, 6) is 3.26. The normalized spacial score (nSPS) is 10.8. The highest BCUT2D eigenvalue weighted by Crippen LogP contribution is 2.25. The molecular weight excluding hydrogens is 392 g/mol. The lowest BCUT2D eigenvalue weighted by Crippen LogP contribution is -1.95. The van der Waals surface area contributed by atoms with Gasteiger partial charge in [-0.3, -0.25) is 0 Å². The lowest BCUT2D eigenvalue weighted by molar-refractivity contribution is 0.252. The van der Waals surface area contributed by atoms with Gasteiger partial charge >= 0.3 is 0 Å². The third-order valence-electron chi connectivity index (χ3n) is 3.92. The highest BCUT2D eigenvalue weighted by atomic mass is 32.2. The molecule has 2 aromatic carbocycles. The molecule has 0 radical (unpaired) electrons. The zero-order valence-electron chi connectivity index (χ0n) is 15.9. The van der Waals surface area contributed by atoms with Crippen LogP contribution in [0, 0.1) is 6.92 Å². The van der Waals surface area contributed by atoms with Gasteiger partial charge in [0.25, 0.3) is 11.1 Å². The highest BCUT2D eigenvalue weighted by molar-refractivity contribution is 7.98. The Morgan fingerprint density at radius 3 is 2.52 bits per heavy atom. The molecule has 0 amide bonds. The lowest BCUT2D eigenvalue weighted by Gasteiger charge is -2.03. The maximum atomic E-state index is 5.69. The van der Waals surface area contributed by atoms with Crippen molar-refractivity contribution < 1.29 is 18.3 Å². The van der Waals surface area contributed by atoms with Crippen molar-refractivity contribution in [2.24, 2.45) is 0 Å². The van der Waals surface area contributed by atoms with Crippen molar-refractivity contribution in [1.82, 2.24) is 20.4 Å². The van der Waals surface area contributed by atoms with Crippen LogP contribution in [0.3, 0.4) is 0 Å². The van der Waals surface area contributed by atoms with E-state index in [1.807, 2.05) is 55.5 Å². The molecule has 2 heterocycles. The van der Waals surface area contributed by atoms with Crippen molar-refractivity contribution in [3.63, 3.8) is 0 Å². The quantitative estimate of drug-likeness (QED) is 0.394. The standard InChI is InChI=1S/C20H18N4O4S/c1-13-4-3-5-16(10-13)26-11-17-21-24-20(28-17)29-12-18-22-23-19(27-18)14-6-8-15(25-2)9-7-14/h3-10H,11-12H2,1-2H3. The van der Waals surface area contributed by atoms with Crippen molar-refractivity contribution in [2.75, 3.05) is 7.11 Å². The smallest absolute Gasteiger partial charge is 0.277 e. The Morgan fingerprint density at radius 2 is 1.72 bits per heavy atom. The summed E-state index contributed by atoms with van der Waals surface area (Å²) in [5.41, 5.74) is 1.95. The second-order valence-electron chi connectivity index (χ2n) is 6.09. The van der Waals surface area contributed by atoms with Crippen molar-refractivity contribution in [3.05, 3.63) is 65.9 Å². The molecule has 148 valence electrons. The predicted molar refractivity (Wildman–Crippen MR) is 106 cm³/mol. The molecule has 9 heteroatoms. The summed E-state index contributed by atoms with van der Waals surface area (Å²) < 4.78 is 22.1. The Labute approximate surface area is 171 Å². The maximum absolute atomic E-state index is 5.69. The monoisotopic (exact) mass is 410 g/mol. The predicted octanol–water partition coefficient (Wildman–Crippen LogP) is 4.31. The lowest BCUT2D eigenvalue weighted by atomic mass is 10.2. The number of thioether (sulfide) groups is 1. The zero-order valence-corrected chi connectivity index (χ0v) is 16.7. The molecule has 29 heavy (non-hydrogen) atoms. The van der Waals surface area contributed by atoms with Gasteiger partial charge in [0.15, 0.2) is 6.61 Å².